The number of carboxylic acids is 1. The standard InChI is InChI=1S/C9H10ClNO3/c1-6-8(3-2-4-11-6)14-5-7(10)9(12)13/h2-4,7H,5H2,1H3,(H,12,13). The van der Waals surface area contributed by atoms with Gasteiger partial charge in [0.1, 0.15) is 12.4 Å². The average Bonchev–Trinajstić information content (AvgIpc) is 2.16. The molecule has 4 nitrogen and oxygen atoms in total. The first-order chi connectivity index (χ1) is 6.61. The second-order valence-electron chi connectivity index (χ2n) is 2.70. The molecule has 0 saturated heterocycles. The summed E-state index contributed by atoms with van der Waals surface area (Å²) >= 11 is 5.47. The van der Waals surface area contributed by atoms with Gasteiger partial charge in [-0.3, -0.25) is 9.78 Å². The number of hydrogen-bond acceptors (Lipinski definition) is 3. The van der Waals surface area contributed by atoms with Gasteiger partial charge in [-0.1, -0.05) is 0 Å². The van der Waals surface area contributed by atoms with Crippen LogP contribution < -0.4 is 4.74 Å². The van der Waals surface area contributed by atoms with Crippen LogP contribution in [-0.4, -0.2) is 28.0 Å². The lowest BCUT2D eigenvalue weighted by molar-refractivity contribution is -0.137. The smallest absolute Gasteiger partial charge is 0.325 e. The molecule has 0 aliphatic rings. The zero-order valence-electron chi connectivity index (χ0n) is 7.61. The molecule has 0 radical (unpaired) electrons. The van der Waals surface area contributed by atoms with E-state index in [4.69, 9.17) is 21.4 Å². The number of carboxylic acid groups (broad SMARTS) is 1. The van der Waals surface area contributed by atoms with Crippen LogP contribution in [0, 0.1) is 6.92 Å². The van der Waals surface area contributed by atoms with Crippen LogP contribution in [0.25, 0.3) is 0 Å². The molecule has 76 valence electrons. The minimum atomic E-state index is -1.09. The van der Waals surface area contributed by atoms with Crippen molar-refractivity contribution in [2.75, 3.05) is 6.61 Å². The van der Waals surface area contributed by atoms with Crippen LogP contribution in [0.4, 0.5) is 0 Å². The summed E-state index contributed by atoms with van der Waals surface area (Å²) in [7, 11) is 0. The molecule has 0 aromatic carbocycles. The predicted octanol–water partition coefficient (Wildman–Crippen LogP) is 1.46. The van der Waals surface area contributed by atoms with Crippen molar-refractivity contribution in [3.8, 4) is 5.75 Å². The van der Waals surface area contributed by atoms with Gasteiger partial charge in [0.25, 0.3) is 0 Å². The van der Waals surface area contributed by atoms with Crippen LogP contribution in [0.1, 0.15) is 5.69 Å². The first-order valence-electron chi connectivity index (χ1n) is 4.02. The second-order valence-corrected chi connectivity index (χ2v) is 3.23. The largest absolute Gasteiger partial charge is 0.490 e. The van der Waals surface area contributed by atoms with Gasteiger partial charge < -0.3 is 9.84 Å². The van der Waals surface area contributed by atoms with Gasteiger partial charge >= 0.3 is 5.97 Å². The highest BCUT2D eigenvalue weighted by Gasteiger charge is 2.14. The number of rotatable bonds is 4. The number of aliphatic carboxylic acids is 1. The highest BCUT2D eigenvalue weighted by Crippen LogP contribution is 2.14. The van der Waals surface area contributed by atoms with Crippen molar-refractivity contribution in [3.05, 3.63) is 24.0 Å². The molecule has 5 heteroatoms. The molecule has 1 N–H and O–H groups in total. The number of nitrogens with zero attached hydrogens (tertiary/aromatic N) is 1. The predicted molar refractivity (Wildman–Crippen MR) is 51.7 cm³/mol. The zero-order valence-corrected chi connectivity index (χ0v) is 8.36. The van der Waals surface area contributed by atoms with Crippen LogP contribution in [-0.2, 0) is 4.79 Å². The van der Waals surface area contributed by atoms with Gasteiger partial charge in [-0.05, 0) is 19.1 Å². The Morgan fingerprint density at radius 1 is 1.79 bits per heavy atom. The Bertz CT molecular complexity index is 330. The minimum Gasteiger partial charge on any atom is -0.490 e. The van der Waals surface area contributed by atoms with Crippen molar-refractivity contribution < 1.29 is 14.6 Å². The van der Waals surface area contributed by atoms with Crippen molar-refractivity contribution in [1.82, 2.24) is 4.98 Å². The number of aromatic nitrogens is 1. The summed E-state index contributed by atoms with van der Waals surface area (Å²) < 4.78 is 5.18. The van der Waals surface area contributed by atoms with E-state index in [1.165, 1.54) is 0 Å². The molecule has 0 saturated carbocycles. The average molecular weight is 216 g/mol. The van der Waals surface area contributed by atoms with Crippen LogP contribution in [0.15, 0.2) is 18.3 Å². The minimum absolute atomic E-state index is 0.0660. The number of pyridine rings is 1. The number of carbonyl (C=O) groups is 1. The molecule has 0 spiro atoms. The van der Waals surface area contributed by atoms with E-state index in [2.05, 4.69) is 4.98 Å². The summed E-state index contributed by atoms with van der Waals surface area (Å²) in [5.41, 5.74) is 0.710. The SMILES string of the molecule is Cc1ncccc1OCC(Cl)C(=O)O. The fraction of sp³-hybridized carbons (Fsp3) is 0.333. The summed E-state index contributed by atoms with van der Waals surface area (Å²) in [6.07, 6.45) is 1.64. The first-order valence-corrected chi connectivity index (χ1v) is 4.46. The third kappa shape index (κ3) is 2.88. The summed E-state index contributed by atoms with van der Waals surface area (Å²) in [6.45, 7) is 1.71. The Morgan fingerprint density at radius 3 is 3.07 bits per heavy atom. The molecular weight excluding hydrogens is 206 g/mol. The molecular formula is C9H10ClNO3. The van der Waals surface area contributed by atoms with Crippen molar-refractivity contribution in [3.63, 3.8) is 0 Å². The molecule has 14 heavy (non-hydrogen) atoms. The topological polar surface area (TPSA) is 59.4 Å². The van der Waals surface area contributed by atoms with E-state index in [1.807, 2.05) is 0 Å². The van der Waals surface area contributed by atoms with Crippen LogP contribution in [0.5, 0.6) is 5.75 Å². The molecule has 1 atom stereocenters. The summed E-state index contributed by atoms with van der Waals surface area (Å²) in [4.78, 5) is 14.4. The molecule has 1 heterocycles. The van der Waals surface area contributed by atoms with Crippen molar-refractivity contribution in [2.45, 2.75) is 12.3 Å². The van der Waals surface area contributed by atoms with E-state index in [9.17, 15) is 4.79 Å². The Kier molecular flexibility index (Phi) is 3.71. The first kappa shape index (κ1) is 10.8. The van der Waals surface area contributed by atoms with Gasteiger partial charge in [-0.15, -0.1) is 11.6 Å². The van der Waals surface area contributed by atoms with Gasteiger partial charge in [-0.2, -0.15) is 0 Å². The van der Waals surface area contributed by atoms with E-state index in [0.29, 0.717) is 11.4 Å². The lowest BCUT2D eigenvalue weighted by atomic mass is 10.3. The summed E-state index contributed by atoms with van der Waals surface area (Å²) in [5.74, 6) is -0.535. The van der Waals surface area contributed by atoms with E-state index >= 15 is 0 Å². The molecule has 1 rings (SSSR count). The zero-order chi connectivity index (χ0) is 10.6. The maximum Gasteiger partial charge on any atom is 0.325 e. The van der Waals surface area contributed by atoms with E-state index < -0.39 is 11.3 Å². The van der Waals surface area contributed by atoms with E-state index in [0.717, 1.165) is 0 Å². The number of alkyl halides is 1. The van der Waals surface area contributed by atoms with Gasteiger partial charge in [0.05, 0.1) is 5.69 Å². The number of aryl methyl sites for hydroxylation is 1. The molecule has 1 unspecified atom stereocenters. The van der Waals surface area contributed by atoms with Gasteiger partial charge in [0, 0.05) is 6.20 Å². The lowest BCUT2D eigenvalue weighted by Gasteiger charge is -2.09. The third-order valence-corrected chi connectivity index (χ3v) is 1.92. The maximum absolute atomic E-state index is 10.4. The van der Waals surface area contributed by atoms with Gasteiger partial charge in [0.15, 0.2) is 5.38 Å². The van der Waals surface area contributed by atoms with Crippen LogP contribution in [0.2, 0.25) is 0 Å². The Hall–Kier alpha value is -1.29. The molecule has 0 aliphatic carbocycles. The van der Waals surface area contributed by atoms with Crippen LogP contribution in [0.3, 0.4) is 0 Å². The molecule has 1 aromatic rings. The lowest BCUT2D eigenvalue weighted by Crippen LogP contribution is -2.21. The molecule has 0 aliphatic heterocycles. The van der Waals surface area contributed by atoms with Crippen molar-refractivity contribution >= 4 is 17.6 Å². The number of hydrogen-bond donors (Lipinski definition) is 1. The quantitative estimate of drug-likeness (QED) is 0.773. The number of ether oxygens (including phenoxy) is 1. The fourth-order valence-corrected chi connectivity index (χ4v) is 0.919. The highest BCUT2D eigenvalue weighted by atomic mass is 35.5. The van der Waals surface area contributed by atoms with Crippen molar-refractivity contribution in [2.24, 2.45) is 0 Å². The van der Waals surface area contributed by atoms with Crippen molar-refractivity contribution in [1.29, 1.82) is 0 Å². The Morgan fingerprint density at radius 2 is 2.50 bits per heavy atom. The Labute approximate surface area is 86.5 Å². The molecule has 0 fully saturated rings. The van der Waals surface area contributed by atoms with Gasteiger partial charge in [-0.25, -0.2) is 0 Å². The monoisotopic (exact) mass is 215 g/mol. The highest BCUT2D eigenvalue weighted by molar-refractivity contribution is 6.29. The molecule has 0 bridgehead atoms. The summed E-state index contributed by atoms with van der Waals surface area (Å²) in [6, 6.07) is 3.43. The van der Waals surface area contributed by atoms with Gasteiger partial charge in [0.2, 0.25) is 0 Å². The van der Waals surface area contributed by atoms with Crippen LogP contribution >= 0.6 is 11.6 Å². The normalized spacial score (nSPS) is 12.1. The molecule has 0 amide bonds. The van der Waals surface area contributed by atoms with E-state index in [1.54, 1.807) is 25.3 Å². The Balaban J connectivity index is 2.54. The molecule has 1 aromatic heterocycles. The third-order valence-electron chi connectivity index (χ3n) is 1.61. The maximum atomic E-state index is 10.4. The summed E-state index contributed by atoms with van der Waals surface area (Å²) in [5, 5.41) is 7.47. The second kappa shape index (κ2) is 4.81. The van der Waals surface area contributed by atoms with E-state index in [-0.39, 0.29) is 6.61 Å². The fourth-order valence-electron chi connectivity index (χ4n) is 0.856. The number of halogens is 1.